The molecule has 0 bridgehead atoms. The minimum Gasteiger partial charge on any atom is -0.376 e. The van der Waals surface area contributed by atoms with E-state index >= 15 is 0 Å². The fraction of sp³-hybridized carbons (Fsp3) is 0.417. The summed E-state index contributed by atoms with van der Waals surface area (Å²) in [4.78, 5) is 18.7. The van der Waals surface area contributed by atoms with Crippen molar-refractivity contribution in [2.75, 3.05) is 39.8 Å². The number of carbonyl (C=O) groups is 1. The van der Waals surface area contributed by atoms with E-state index in [1.165, 1.54) is 11.6 Å². The molecule has 2 N–H and O–H groups in total. The Balaban J connectivity index is 0.00000363. The topological polar surface area (TPSA) is 66.0 Å². The first-order valence-electron chi connectivity index (χ1n) is 10.7. The van der Waals surface area contributed by atoms with Crippen LogP contribution in [0.2, 0.25) is 0 Å². The molecular formula is C24H32FIN4O2. The van der Waals surface area contributed by atoms with Gasteiger partial charge in [0.05, 0.1) is 13.2 Å². The van der Waals surface area contributed by atoms with Crippen molar-refractivity contribution in [1.82, 2.24) is 15.5 Å². The number of rotatable bonds is 8. The monoisotopic (exact) mass is 554 g/mol. The SMILES string of the molecule is CN=C(NCCNC(=O)c1ccc(C)c(F)c1)N1CCC(COCc2ccccc2)C1.I. The number of hydrogen-bond donors (Lipinski definition) is 2. The lowest BCUT2D eigenvalue weighted by Crippen LogP contribution is -2.43. The molecule has 3 rings (SSSR count). The van der Waals surface area contributed by atoms with E-state index in [4.69, 9.17) is 4.74 Å². The number of benzene rings is 2. The molecule has 1 atom stereocenters. The molecule has 0 spiro atoms. The minimum atomic E-state index is -0.373. The summed E-state index contributed by atoms with van der Waals surface area (Å²) < 4.78 is 19.5. The van der Waals surface area contributed by atoms with Crippen LogP contribution in [0.5, 0.6) is 0 Å². The Hall–Kier alpha value is -2.20. The van der Waals surface area contributed by atoms with Crippen LogP contribution in [0.3, 0.4) is 0 Å². The van der Waals surface area contributed by atoms with Gasteiger partial charge in [0, 0.05) is 44.7 Å². The molecule has 0 radical (unpaired) electrons. The zero-order valence-corrected chi connectivity index (χ0v) is 21.0. The normalized spacial score (nSPS) is 15.9. The van der Waals surface area contributed by atoms with E-state index in [0.29, 0.717) is 36.7 Å². The van der Waals surface area contributed by atoms with Crippen LogP contribution < -0.4 is 10.6 Å². The van der Waals surface area contributed by atoms with Crippen LogP contribution in [0.15, 0.2) is 53.5 Å². The van der Waals surface area contributed by atoms with Crippen molar-refractivity contribution in [1.29, 1.82) is 0 Å². The first kappa shape index (κ1) is 26.1. The van der Waals surface area contributed by atoms with Crippen molar-refractivity contribution in [3.8, 4) is 0 Å². The highest BCUT2D eigenvalue weighted by molar-refractivity contribution is 14.0. The molecular weight excluding hydrogens is 522 g/mol. The molecule has 1 aliphatic rings. The number of nitrogens with one attached hydrogen (secondary N) is 2. The van der Waals surface area contributed by atoms with Gasteiger partial charge in [0.15, 0.2) is 5.96 Å². The Morgan fingerprint density at radius 2 is 1.94 bits per heavy atom. The molecule has 0 aliphatic carbocycles. The number of carbonyl (C=O) groups excluding carboxylic acids is 1. The van der Waals surface area contributed by atoms with Gasteiger partial charge < -0.3 is 20.3 Å². The predicted octanol–water partition coefficient (Wildman–Crippen LogP) is 3.60. The Labute approximate surface area is 206 Å². The summed E-state index contributed by atoms with van der Waals surface area (Å²) in [5.74, 6) is 0.634. The summed E-state index contributed by atoms with van der Waals surface area (Å²) in [5.41, 5.74) is 2.03. The number of nitrogens with zero attached hydrogens (tertiary/aromatic N) is 2. The van der Waals surface area contributed by atoms with E-state index in [9.17, 15) is 9.18 Å². The molecule has 1 unspecified atom stereocenters. The molecule has 2 aromatic carbocycles. The van der Waals surface area contributed by atoms with Crippen molar-refractivity contribution in [3.63, 3.8) is 0 Å². The number of ether oxygens (including phenoxy) is 1. The molecule has 32 heavy (non-hydrogen) atoms. The van der Waals surface area contributed by atoms with Crippen molar-refractivity contribution in [2.24, 2.45) is 10.9 Å². The van der Waals surface area contributed by atoms with Gasteiger partial charge in [0.2, 0.25) is 0 Å². The van der Waals surface area contributed by atoms with Crippen LogP contribution in [-0.4, -0.2) is 56.6 Å². The fourth-order valence-corrected chi connectivity index (χ4v) is 3.60. The van der Waals surface area contributed by atoms with Gasteiger partial charge in [0.25, 0.3) is 5.91 Å². The smallest absolute Gasteiger partial charge is 0.251 e. The molecule has 8 heteroatoms. The molecule has 0 saturated carbocycles. The quantitative estimate of drug-likeness (QED) is 0.227. The van der Waals surface area contributed by atoms with Crippen LogP contribution in [-0.2, 0) is 11.3 Å². The van der Waals surface area contributed by atoms with Gasteiger partial charge in [0.1, 0.15) is 5.82 Å². The lowest BCUT2D eigenvalue weighted by molar-refractivity contribution is 0.0906. The van der Waals surface area contributed by atoms with Crippen molar-refractivity contribution >= 4 is 35.8 Å². The first-order valence-corrected chi connectivity index (χ1v) is 10.7. The third kappa shape index (κ3) is 7.74. The minimum absolute atomic E-state index is 0. The zero-order chi connectivity index (χ0) is 22.1. The van der Waals surface area contributed by atoms with E-state index in [-0.39, 0.29) is 35.7 Å². The van der Waals surface area contributed by atoms with Gasteiger partial charge in [-0.15, -0.1) is 24.0 Å². The van der Waals surface area contributed by atoms with E-state index in [0.717, 1.165) is 32.1 Å². The molecule has 1 saturated heterocycles. The van der Waals surface area contributed by atoms with Crippen LogP contribution in [0.25, 0.3) is 0 Å². The maximum atomic E-state index is 13.6. The summed E-state index contributed by atoms with van der Waals surface area (Å²) in [6.45, 7) is 5.81. The summed E-state index contributed by atoms with van der Waals surface area (Å²) in [6.07, 6.45) is 1.06. The van der Waals surface area contributed by atoms with E-state index in [1.54, 1.807) is 26.1 Å². The second-order valence-electron chi connectivity index (χ2n) is 7.80. The summed E-state index contributed by atoms with van der Waals surface area (Å²) in [6, 6.07) is 14.7. The largest absolute Gasteiger partial charge is 0.376 e. The van der Waals surface area contributed by atoms with Gasteiger partial charge >= 0.3 is 0 Å². The van der Waals surface area contributed by atoms with Crippen LogP contribution in [0, 0.1) is 18.7 Å². The van der Waals surface area contributed by atoms with Crippen LogP contribution in [0.1, 0.15) is 27.9 Å². The van der Waals surface area contributed by atoms with Crippen molar-refractivity contribution < 1.29 is 13.9 Å². The van der Waals surface area contributed by atoms with Crippen LogP contribution in [0.4, 0.5) is 4.39 Å². The standard InChI is InChI=1S/C24H31FN4O2.HI/c1-18-8-9-21(14-22(18)25)23(30)27-11-12-28-24(26-2)29-13-10-20(15-29)17-31-16-19-6-4-3-5-7-19;/h3-9,14,20H,10-13,15-17H2,1-2H3,(H,26,28)(H,27,30);1H. The number of aliphatic imine (C=N–C) groups is 1. The summed E-state index contributed by atoms with van der Waals surface area (Å²) in [7, 11) is 1.76. The molecule has 2 aromatic rings. The van der Waals surface area contributed by atoms with E-state index in [1.807, 2.05) is 18.2 Å². The molecule has 1 aliphatic heterocycles. The van der Waals surface area contributed by atoms with Gasteiger partial charge in [-0.1, -0.05) is 36.4 Å². The van der Waals surface area contributed by atoms with Crippen molar-refractivity contribution in [2.45, 2.75) is 20.0 Å². The highest BCUT2D eigenvalue weighted by Crippen LogP contribution is 2.17. The number of guanidine groups is 1. The molecule has 1 heterocycles. The zero-order valence-electron chi connectivity index (χ0n) is 18.6. The highest BCUT2D eigenvalue weighted by Gasteiger charge is 2.24. The van der Waals surface area contributed by atoms with Gasteiger partial charge in [-0.25, -0.2) is 4.39 Å². The van der Waals surface area contributed by atoms with Gasteiger partial charge in [-0.3, -0.25) is 9.79 Å². The van der Waals surface area contributed by atoms with E-state index < -0.39 is 0 Å². The number of likely N-dealkylation sites (tertiary alicyclic amines) is 1. The molecule has 0 aromatic heterocycles. The number of amides is 1. The van der Waals surface area contributed by atoms with Crippen molar-refractivity contribution in [3.05, 3.63) is 71.0 Å². The number of hydrogen-bond acceptors (Lipinski definition) is 3. The highest BCUT2D eigenvalue weighted by atomic mass is 127. The Morgan fingerprint density at radius 1 is 1.19 bits per heavy atom. The number of aryl methyl sites for hydroxylation is 1. The fourth-order valence-electron chi connectivity index (χ4n) is 3.60. The maximum absolute atomic E-state index is 13.6. The van der Waals surface area contributed by atoms with E-state index in [2.05, 4.69) is 32.7 Å². The number of halogens is 2. The third-order valence-corrected chi connectivity index (χ3v) is 5.39. The molecule has 174 valence electrons. The molecule has 6 nitrogen and oxygen atoms in total. The summed E-state index contributed by atoms with van der Waals surface area (Å²) in [5, 5.41) is 6.09. The van der Waals surface area contributed by atoms with Gasteiger partial charge in [-0.2, -0.15) is 0 Å². The Bertz CT molecular complexity index is 895. The Kier molecular flexibility index (Phi) is 10.9. The molecule has 1 fully saturated rings. The first-order chi connectivity index (χ1) is 15.1. The lowest BCUT2D eigenvalue weighted by atomic mass is 10.1. The predicted molar refractivity (Wildman–Crippen MR) is 136 cm³/mol. The third-order valence-electron chi connectivity index (χ3n) is 5.39. The average Bonchev–Trinajstić information content (AvgIpc) is 3.25. The second-order valence-corrected chi connectivity index (χ2v) is 7.80. The Morgan fingerprint density at radius 3 is 2.66 bits per heavy atom. The average molecular weight is 554 g/mol. The summed E-state index contributed by atoms with van der Waals surface area (Å²) >= 11 is 0. The molecule has 1 amide bonds. The second kappa shape index (κ2) is 13.4. The lowest BCUT2D eigenvalue weighted by Gasteiger charge is -2.22. The maximum Gasteiger partial charge on any atom is 0.251 e. The van der Waals surface area contributed by atoms with Gasteiger partial charge in [-0.05, 0) is 36.6 Å². The van der Waals surface area contributed by atoms with Crippen LogP contribution >= 0.6 is 24.0 Å².